The molecule has 0 heterocycles. The molecule has 4 heteroatoms. The Bertz CT molecular complexity index is 599. The summed E-state index contributed by atoms with van der Waals surface area (Å²) in [4.78, 5) is 0. The van der Waals surface area contributed by atoms with Gasteiger partial charge < -0.3 is 5.11 Å². The summed E-state index contributed by atoms with van der Waals surface area (Å²) in [7, 11) is 0. The largest absolute Gasteiger partial charge is 0.388 e. The van der Waals surface area contributed by atoms with E-state index in [9.17, 15) is 9.50 Å². The summed E-state index contributed by atoms with van der Waals surface area (Å²) >= 11 is 6.66. The fourth-order valence-corrected chi connectivity index (χ4v) is 2.82. The van der Waals surface area contributed by atoms with Crippen LogP contribution in [0.1, 0.15) is 22.8 Å². The van der Waals surface area contributed by atoms with E-state index in [4.69, 9.17) is 0 Å². The fourth-order valence-electron chi connectivity index (χ4n) is 2.01. The van der Waals surface area contributed by atoms with E-state index in [0.717, 1.165) is 21.2 Å². The van der Waals surface area contributed by atoms with Crippen molar-refractivity contribution in [2.75, 3.05) is 0 Å². The lowest BCUT2D eigenvalue weighted by Crippen LogP contribution is -2.05. The number of hydrogen-bond donors (Lipinski definition) is 1. The molecular formula is C15H13Br2FO. The van der Waals surface area contributed by atoms with Crippen LogP contribution in [0.2, 0.25) is 0 Å². The highest BCUT2D eigenvalue weighted by molar-refractivity contribution is 9.10. The van der Waals surface area contributed by atoms with Gasteiger partial charge in [0.2, 0.25) is 0 Å². The second kappa shape index (κ2) is 6.16. The SMILES string of the molecule is Cc1c(Br)cccc1C(O)Cc1cccc(F)c1Br. The quantitative estimate of drug-likeness (QED) is 0.791. The Morgan fingerprint density at radius 3 is 2.58 bits per heavy atom. The third-order valence-corrected chi connectivity index (χ3v) is 4.86. The summed E-state index contributed by atoms with van der Waals surface area (Å²) in [6, 6.07) is 10.6. The van der Waals surface area contributed by atoms with Gasteiger partial charge in [-0.2, -0.15) is 0 Å². The van der Waals surface area contributed by atoms with Gasteiger partial charge in [-0.05, 0) is 51.7 Å². The number of aliphatic hydroxyl groups excluding tert-OH is 1. The Hall–Kier alpha value is -0.710. The number of hydrogen-bond acceptors (Lipinski definition) is 1. The lowest BCUT2D eigenvalue weighted by Gasteiger charge is -2.15. The normalized spacial score (nSPS) is 12.5. The smallest absolute Gasteiger partial charge is 0.137 e. The third-order valence-electron chi connectivity index (χ3n) is 3.11. The maximum atomic E-state index is 13.4. The van der Waals surface area contributed by atoms with Crippen LogP contribution in [0.25, 0.3) is 0 Å². The molecule has 2 rings (SSSR count). The van der Waals surface area contributed by atoms with E-state index in [1.165, 1.54) is 6.07 Å². The van der Waals surface area contributed by atoms with Gasteiger partial charge in [-0.3, -0.25) is 0 Å². The first-order valence-corrected chi connectivity index (χ1v) is 7.45. The van der Waals surface area contributed by atoms with Crippen LogP contribution in [0, 0.1) is 12.7 Å². The summed E-state index contributed by atoms with van der Waals surface area (Å²) in [5, 5.41) is 10.3. The van der Waals surface area contributed by atoms with Crippen molar-refractivity contribution in [3.8, 4) is 0 Å². The Kier molecular flexibility index (Phi) is 4.76. The standard InChI is InChI=1S/C15H13Br2FO/c1-9-11(5-3-6-12(9)16)14(19)8-10-4-2-7-13(18)15(10)17/h2-7,14,19H,8H2,1H3. The van der Waals surface area contributed by atoms with E-state index < -0.39 is 6.10 Å². The van der Waals surface area contributed by atoms with Gasteiger partial charge in [0.1, 0.15) is 5.82 Å². The predicted molar refractivity (Wildman–Crippen MR) is 81.6 cm³/mol. The molecule has 0 fully saturated rings. The Labute approximate surface area is 128 Å². The average molecular weight is 388 g/mol. The van der Waals surface area contributed by atoms with Gasteiger partial charge in [-0.15, -0.1) is 0 Å². The summed E-state index contributed by atoms with van der Waals surface area (Å²) in [5.74, 6) is -0.310. The molecule has 0 radical (unpaired) electrons. The van der Waals surface area contributed by atoms with Gasteiger partial charge >= 0.3 is 0 Å². The molecule has 0 amide bonds. The minimum Gasteiger partial charge on any atom is -0.388 e. The van der Waals surface area contributed by atoms with Crippen molar-refractivity contribution in [2.45, 2.75) is 19.4 Å². The molecule has 1 nitrogen and oxygen atoms in total. The zero-order chi connectivity index (χ0) is 14.0. The summed E-state index contributed by atoms with van der Waals surface area (Å²) in [6.07, 6.45) is -0.286. The maximum Gasteiger partial charge on any atom is 0.137 e. The molecule has 1 unspecified atom stereocenters. The van der Waals surface area contributed by atoms with Gasteiger partial charge in [0, 0.05) is 10.9 Å². The summed E-state index contributed by atoms with van der Waals surface area (Å²) in [5.41, 5.74) is 2.61. The number of aliphatic hydroxyl groups is 1. The lowest BCUT2D eigenvalue weighted by atomic mass is 9.98. The van der Waals surface area contributed by atoms with Crippen LogP contribution in [-0.4, -0.2) is 5.11 Å². The van der Waals surface area contributed by atoms with Gasteiger partial charge in [-0.25, -0.2) is 4.39 Å². The number of halogens is 3. The van der Waals surface area contributed by atoms with Gasteiger partial charge in [-0.1, -0.05) is 40.2 Å². The van der Waals surface area contributed by atoms with Crippen LogP contribution in [0.15, 0.2) is 45.3 Å². The highest BCUT2D eigenvalue weighted by Gasteiger charge is 2.15. The second-order valence-corrected chi connectivity index (χ2v) is 6.03. The molecule has 0 bridgehead atoms. The average Bonchev–Trinajstić information content (AvgIpc) is 2.38. The highest BCUT2D eigenvalue weighted by atomic mass is 79.9. The van der Waals surface area contributed by atoms with E-state index >= 15 is 0 Å². The zero-order valence-electron chi connectivity index (χ0n) is 10.3. The molecule has 0 saturated carbocycles. The van der Waals surface area contributed by atoms with Crippen molar-refractivity contribution >= 4 is 31.9 Å². The van der Waals surface area contributed by atoms with Gasteiger partial charge in [0.05, 0.1) is 10.6 Å². The zero-order valence-corrected chi connectivity index (χ0v) is 13.5. The summed E-state index contributed by atoms with van der Waals surface area (Å²) in [6.45, 7) is 1.95. The maximum absolute atomic E-state index is 13.4. The molecule has 2 aromatic rings. The van der Waals surface area contributed by atoms with E-state index in [0.29, 0.717) is 10.9 Å². The van der Waals surface area contributed by atoms with Crippen LogP contribution < -0.4 is 0 Å². The highest BCUT2D eigenvalue weighted by Crippen LogP contribution is 2.29. The second-order valence-electron chi connectivity index (χ2n) is 4.39. The molecule has 1 N–H and O–H groups in total. The van der Waals surface area contributed by atoms with E-state index in [-0.39, 0.29) is 5.82 Å². The van der Waals surface area contributed by atoms with Gasteiger partial charge in [0.15, 0.2) is 0 Å². The monoisotopic (exact) mass is 386 g/mol. The molecule has 2 aromatic carbocycles. The van der Waals surface area contributed by atoms with Crippen LogP contribution in [-0.2, 0) is 6.42 Å². The Morgan fingerprint density at radius 2 is 1.84 bits per heavy atom. The van der Waals surface area contributed by atoms with Crippen molar-refractivity contribution in [1.82, 2.24) is 0 Å². The van der Waals surface area contributed by atoms with E-state index in [1.54, 1.807) is 6.07 Å². The first kappa shape index (κ1) is 14.7. The molecule has 0 aromatic heterocycles. The van der Waals surface area contributed by atoms with Crippen molar-refractivity contribution in [3.05, 3.63) is 67.9 Å². The number of rotatable bonds is 3. The predicted octanol–water partition coefficient (Wildman–Crippen LogP) is 4.94. The minimum atomic E-state index is -0.657. The van der Waals surface area contributed by atoms with Crippen LogP contribution in [0.4, 0.5) is 4.39 Å². The minimum absolute atomic E-state index is 0.310. The third kappa shape index (κ3) is 3.25. The van der Waals surface area contributed by atoms with Crippen LogP contribution >= 0.6 is 31.9 Å². The van der Waals surface area contributed by atoms with Crippen LogP contribution in [0.5, 0.6) is 0 Å². The molecule has 0 spiro atoms. The topological polar surface area (TPSA) is 20.2 Å². The Balaban J connectivity index is 2.28. The number of benzene rings is 2. The van der Waals surface area contributed by atoms with Crippen molar-refractivity contribution in [2.24, 2.45) is 0 Å². The van der Waals surface area contributed by atoms with Crippen molar-refractivity contribution in [1.29, 1.82) is 0 Å². The van der Waals surface area contributed by atoms with Crippen LogP contribution in [0.3, 0.4) is 0 Å². The van der Waals surface area contributed by atoms with Gasteiger partial charge in [0.25, 0.3) is 0 Å². The first-order chi connectivity index (χ1) is 9.00. The van der Waals surface area contributed by atoms with E-state index in [1.807, 2.05) is 31.2 Å². The Morgan fingerprint density at radius 1 is 1.16 bits per heavy atom. The molecular weight excluding hydrogens is 375 g/mol. The fraction of sp³-hybridized carbons (Fsp3) is 0.200. The lowest BCUT2D eigenvalue weighted by molar-refractivity contribution is 0.177. The molecule has 100 valence electrons. The summed E-state index contributed by atoms with van der Waals surface area (Å²) < 4.78 is 14.8. The van der Waals surface area contributed by atoms with E-state index in [2.05, 4.69) is 31.9 Å². The molecule has 1 atom stereocenters. The molecule has 19 heavy (non-hydrogen) atoms. The molecule has 0 saturated heterocycles. The van der Waals surface area contributed by atoms with Crippen molar-refractivity contribution < 1.29 is 9.50 Å². The molecule has 0 aliphatic rings. The molecule has 0 aliphatic heterocycles. The first-order valence-electron chi connectivity index (χ1n) is 5.86. The van der Waals surface area contributed by atoms with Crippen molar-refractivity contribution in [3.63, 3.8) is 0 Å². The molecule has 0 aliphatic carbocycles.